The molecule has 4 aromatic heterocycles. The SMILES string of the molecule is COc1ncccc1-c1cn2ncc(C(=O)Nc3cc(NC(=O)CN4CC(C)OC(CO)C4)cnc3C)c2s1. The number of anilines is 2. The van der Waals surface area contributed by atoms with E-state index in [0.29, 0.717) is 46.4 Å². The minimum Gasteiger partial charge on any atom is -0.481 e. The zero-order valence-corrected chi connectivity index (χ0v) is 22.6. The number of aryl methyl sites for hydroxylation is 1. The van der Waals surface area contributed by atoms with Crippen LogP contribution in [0.1, 0.15) is 23.0 Å². The van der Waals surface area contributed by atoms with E-state index >= 15 is 0 Å². The fourth-order valence-corrected chi connectivity index (χ4v) is 5.57. The van der Waals surface area contributed by atoms with Crippen LogP contribution in [0.3, 0.4) is 0 Å². The minimum atomic E-state index is -0.345. The fraction of sp³-hybridized carbons (Fsp3) is 0.346. The van der Waals surface area contributed by atoms with Gasteiger partial charge in [0, 0.05) is 25.5 Å². The number of fused-ring (bicyclic) bond motifs is 1. The second-order valence-corrected chi connectivity index (χ2v) is 10.3. The Morgan fingerprint density at radius 2 is 2.10 bits per heavy atom. The Morgan fingerprint density at radius 3 is 2.90 bits per heavy atom. The normalized spacial score (nSPS) is 17.7. The predicted octanol–water partition coefficient (Wildman–Crippen LogP) is 2.44. The third-order valence-electron chi connectivity index (χ3n) is 6.26. The topological polar surface area (TPSA) is 143 Å². The van der Waals surface area contributed by atoms with Gasteiger partial charge in [0.15, 0.2) is 0 Å². The van der Waals surface area contributed by atoms with E-state index in [-0.39, 0.29) is 37.2 Å². The van der Waals surface area contributed by atoms with Crippen molar-refractivity contribution in [3.8, 4) is 16.3 Å². The van der Waals surface area contributed by atoms with Crippen molar-refractivity contribution in [3.05, 3.63) is 54.2 Å². The minimum absolute atomic E-state index is 0.0762. The van der Waals surface area contributed by atoms with Gasteiger partial charge in [-0.1, -0.05) is 0 Å². The molecule has 0 bridgehead atoms. The first-order valence-corrected chi connectivity index (χ1v) is 13.2. The van der Waals surface area contributed by atoms with E-state index in [4.69, 9.17) is 9.47 Å². The number of morpholine rings is 1. The Hall–Kier alpha value is -3.91. The van der Waals surface area contributed by atoms with E-state index in [9.17, 15) is 14.7 Å². The second kappa shape index (κ2) is 11.5. The number of pyridine rings is 2. The standard InChI is InChI=1S/C26H29N7O5S/c1-15-10-32(11-18(14-34)38-15)13-23(35)30-17-7-21(16(2)28-8-17)31-24(36)20-9-29-33-12-22(39-26(20)33)19-5-4-6-27-25(19)37-3/h4-9,12,15,18,34H,10-11,13-14H2,1-3H3,(H,30,35)(H,31,36). The molecule has 0 radical (unpaired) electrons. The van der Waals surface area contributed by atoms with Crippen LogP contribution in [0, 0.1) is 6.92 Å². The van der Waals surface area contributed by atoms with Crippen LogP contribution in [0.4, 0.5) is 11.4 Å². The molecule has 1 fully saturated rings. The zero-order valence-electron chi connectivity index (χ0n) is 21.7. The summed E-state index contributed by atoms with van der Waals surface area (Å²) in [6.45, 7) is 4.80. The maximum Gasteiger partial charge on any atom is 0.260 e. The summed E-state index contributed by atoms with van der Waals surface area (Å²) in [5.41, 5.74) is 2.75. The average molecular weight is 552 g/mol. The second-order valence-electron chi connectivity index (χ2n) is 9.27. The van der Waals surface area contributed by atoms with E-state index < -0.39 is 0 Å². The molecule has 4 aromatic rings. The van der Waals surface area contributed by atoms with E-state index in [1.807, 2.05) is 30.2 Å². The van der Waals surface area contributed by atoms with Crippen molar-refractivity contribution in [2.75, 3.05) is 44.0 Å². The lowest BCUT2D eigenvalue weighted by atomic mass is 10.2. The van der Waals surface area contributed by atoms with Gasteiger partial charge < -0.3 is 25.2 Å². The van der Waals surface area contributed by atoms with Gasteiger partial charge in [-0.3, -0.25) is 19.5 Å². The van der Waals surface area contributed by atoms with Crippen LogP contribution in [-0.2, 0) is 9.53 Å². The first-order valence-electron chi connectivity index (χ1n) is 12.4. The van der Waals surface area contributed by atoms with Crippen molar-refractivity contribution in [1.29, 1.82) is 0 Å². The summed E-state index contributed by atoms with van der Waals surface area (Å²) < 4.78 is 12.7. The summed E-state index contributed by atoms with van der Waals surface area (Å²) in [7, 11) is 1.56. The Labute approximate surface area is 228 Å². The number of hydrogen-bond donors (Lipinski definition) is 3. The molecule has 3 N–H and O–H groups in total. The van der Waals surface area contributed by atoms with Gasteiger partial charge >= 0.3 is 0 Å². The highest BCUT2D eigenvalue weighted by molar-refractivity contribution is 7.21. The smallest absolute Gasteiger partial charge is 0.260 e. The summed E-state index contributed by atoms with van der Waals surface area (Å²) in [6.07, 6.45) is 6.16. The highest BCUT2D eigenvalue weighted by atomic mass is 32.1. The molecule has 2 atom stereocenters. The molecule has 12 nitrogen and oxygen atoms in total. The van der Waals surface area contributed by atoms with Crippen LogP contribution in [-0.4, -0.2) is 87.0 Å². The number of hydrogen-bond acceptors (Lipinski definition) is 10. The number of rotatable bonds is 8. The number of aliphatic hydroxyl groups is 1. The van der Waals surface area contributed by atoms with Gasteiger partial charge in [0.1, 0.15) is 4.83 Å². The largest absolute Gasteiger partial charge is 0.481 e. The number of methoxy groups -OCH3 is 1. The summed E-state index contributed by atoms with van der Waals surface area (Å²) in [5.74, 6) is -0.0776. The van der Waals surface area contributed by atoms with Crippen molar-refractivity contribution in [3.63, 3.8) is 0 Å². The number of amides is 2. The van der Waals surface area contributed by atoms with Crippen molar-refractivity contribution < 1.29 is 24.2 Å². The van der Waals surface area contributed by atoms with Crippen LogP contribution in [0.2, 0.25) is 0 Å². The molecule has 5 heterocycles. The first kappa shape index (κ1) is 26.7. The molecule has 0 aromatic carbocycles. The molecule has 1 aliphatic rings. The number of ether oxygens (including phenoxy) is 2. The fourth-order valence-electron chi connectivity index (χ4n) is 4.50. The lowest BCUT2D eigenvalue weighted by molar-refractivity contribution is -0.124. The van der Waals surface area contributed by atoms with Crippen LogP contribution >= 0.6 is 11.3 Å². The lowest BCUT2D eigenvalue weighted by Gasteiger charge is -2.35. The first-order chi connectivity index (χ1) is 18.8. The number of thiazole rings is 1. The van der Waals surface area contributed by atoms with E-state index in [0.717, 1.165) is 10.4 Å². The predicted molar refractivity (Wildman–Crippen MR) is 146 cm³/mol. The molecule has 204 valence electrons. The number of carbonyl (C=O) groups excluding carboxylic acids is 2. The highest BCUT2D eigenvalue weighted by Crippen LogP contribution is 2.35. The van der Waals surface area contributed by atoms with Gasteiger partial charge in [0.25, 0.3) is 5.91 Å². The van der Waals surface area contributed by atoms with Gasteiger partial charge in [0.05, 0.1) is 77.9 Å². The van der Waals surface area contributed by atoms with E-state index in [1.54, 1.807) is 37.0 Å². The third kappa shape index (κ3) is 5.91. The lowest BCUT2D eigenvalue weighted by Crippen LogP contribution is -2.50. The Kier molecular flexibility index (Phi) is 7.84. The molecule has 0 aliphatic carbocycles. The molecule has 5 rings (SSSR count). The van der Waals surface area contributed by atoms with Gasteiger partial charge in [-0.15, -0.1) is 11.3 Å². The Bertz CT molecular complexity index is 1500. The number of nitrogens with zero attached hydrogens (tertiary/aromatic N) is 5. The average Bonchev–Trinajstić information content (AvgIpc) is 3.51. The van der Waals surface area contributed by atoms with Crippen LogP contribution in [0.25, 0.3) is 15.3 Å². The van der Waals surface area contributed by atoms with E-state index in [2.05, 4.69) is 25.7 Å². The number of nitrogens with one attached hydrogen (secondary N) is 2. The maximum absolute atomic E-state index is 13.2. The third-order valence-corrected chi connectivity index (χ3v) is 7.41. The van der Waals surface area contributed by atoms with Gasteiger partial charge in [0.2, 0.25) is 11.8 Å². The number of carbonyl (C=O) groups is 2. The molecule has 1 saturated heterocycles. The number of aliphatic hydroxyl groups excluding tert-OH is 1. The molecular weight excluding hydrogens is 522 g/mol. The molecule has 13 heteroatoms. The summed E-state index contributed by atoms with van der Waals surface area (Å²) in [5, 5.41) is 19.5. The van der Waals surface area contributed by atoms with Crippen LogP contribution in [0.5, 0.6) is 5.88 Å². The van der Waals surface area contributed by atoms with Crippen molar-refractivity contribution >= 4 is 39.4 Å². The van der Waals surface area contributed by atoms with Crippen LogP contribution < -0.4 is 15.4 Å². The summed E-state index contributed by atoms with van der Waals surface area (Å²) in [6, 6.07) is 5.40. The molecule has 1 aliphatic heterocycles. The number of aromatic nitrogens is 4. The highest BCUT2D eigenvalue weighted by Gasteiger charge is 2.26. The monoisotopic (exact) mass is 551 g/mol. The molecule has 39 heavy (non-hydrogen) atoms. The molecule has 2 unspecified atom stereocenters. The van der Waals surface area contributed by atoms with Crippen LogP contribution in [0.15, 0.2) is 43.0 Å². The van der Waals surface area contributed by atoms with Crippen molar-refractivity contribution in [2.24, 2.45) is 0 Å². The molecule has 0 spiro atoms. The summed E-state index contributed by atoms with van der Waals surface area (Å²) in [4.78, 5) is 38.0. The molecular formula is C26H29N7O5S. The zero-order chi connectivity index (χ0) is 27.5. The maximum atomic E-state index is 13.2. The molecule has 2 amide bonds. The Balaban J connectivity index is 1.29. The molecule has 0 saturated carbocycles. The summed E-state index contributed by atoms with van der Waals surface area (Å²) >= 11 is 1.40. The van der Waals surface area contributed by atoms with Gasteiger partial charge in [-0.25, -0.2) is 9.50 Å². The van der Waals surface area contributed by atoms with Gasteiger partial charge in [-0.05, 0) is 32.0 Å². The van der Waals surface area contributed by atoms with E-state index in [1.165, 1.54) is 17.5 Å². The Morgan fingerprint density at radius 1 is 1.26 bits per heavy atom. The van der Waals surface area contributed by atoms with Crippen molar-refractivity contribution in [1.82, 2.24) is 24.5 Å². The van der Waals surface area contributed by atoms with Gasteiger partial charge in [-0.2, -0.15) is 5.10 Å². The quantitative estimate of drug-likeness (QED) is 0.301. The van der Waals surface area contributed by atoms with Crippen molar-refractivity contribution in [2.45, 2.75) is 26.1 Å².